The molecule has 0 saturated carbocycles. The SMILES string of the molecule is CCCCCC1(C(=O)CCCO)C=CNCC1. The van der Waals surface area contributed by atoms with Crippen LogP contribution in [0.3, 0.4) is 0 Å². The summed E-state index contributed by atoms with van der Waals surface area (Å²) in [7, 11) is 0. The Morgan fingerprint density at radius 2 is 2.24 bits per heavy atom. The van der Waals surface area contributed by atoms with Gasteiger partial charge in [0.1, 0.15) is 5.78 Å². The number of aliphatic hydroxyl groups is 1. The highest BCUT2D eigenvalue weighted by molar-refractivity contribution is 5.86. The van der Waals surface area contributed by atoms with Crippen LogP contribution in [0.15, 0.2) is 12.3 Å². The van der Waals surface area contributed by atoms with Crippen LogP contribution in [-0.4, -0.2) is 24.0 Å². The van der Waals surface area contributed by atoms with E-state index in [1.54, 1.807) is 0 Å². The van der Waals surface area contributed by atoms with Gasteiger partial charge >= 0.3 is 0 Å². The van der Waals surface area contributed by atoms with Gasteiger partial charge in [-0.25, -0.2) is 0 Å². The second kappa shape index (κ2) is 7.49. The Hall–Kier alpha value is -0.830. The second-order valence-electron chi connectivity index (χ2n) is 4.90. The molecule has 3 heteroatoms. The highest BCUT2D eigenvalue weighted by atomic mass is 16.3. The molecule has 0 saturated heterocycles. The van der Waals surface area contributed by atoms with Crippen molar-refractivity contribution in [2.75, 3.05) is 13.2 Å². The fraction of sp³-hybridized carbons (Fsp3) is 0.786. The molecule has 0 aromatic heterocycles. The molecule has 0 aliphatic carbocycles. The summed E-state index contributed by atoms with van der Waals surface area (Å²) in [6.07, 6.45) is 10.4. The lowest BCUT2D eigenvalue weighted by atomic mass is 9.73. The summed E-state index contributed by atoms with van der Waals surface area (Å²) in [5.41, 5.74) is -0.254. The number of aliphatic hydroxyl groups excluding tert-OH is 1. The van der Waals surface area contributed by atoms with Crippen molar-refractivity contribution in [1.29, 1.82) is 0 Å². The van der Waals surface area contributed by atoms with Crippen LogP contribution in [-0.2, 0) is 4.79 Å². The van der Waals surface area contributed by atoms with Crippen molar-refractivity contribution in [2.45, 2.75) is 51.9 Å². The third kappa shape index (κ3) is 4.15. The van der Waals surface area contributed by atoms with Gasteiger partial charge < -0.3 is 10.4 Å². The topological polar surface area (TPSA) is 49.3 Å². The molecule has 1 unspecified atom stereocenters. The third-order valence-electron chi connectivity index (χ3n) is 3.58. The first-order chi connectivity index (χ1) is 8.25. The number of rotatable bonds is 8. The quantitative estimate of drug-likeness (QED) is 0.639. The number of carbonyl (C=O) groups excluding carboxylic acids is 1. The lowest BCUT2D eigenvalue weighted by molar-refractivity contribution is -0.127. The van der Waals surface area contributed by atoms with Crippen LogP contribution in [0, 0.1) is 5.41 Å². The standard InChI is InChI=1S/C14H25NO2/c1-2-3-4-7-14(8-10-15-11-9-14)13(17)6-5-12-16/h8,10,15-16H,2-7,9,11-12H2,1H3. The number of hydrogen-bond acceptors (Lipinski definition) is 3. The summed E-state index contributed by atoms with van der Waals surface area (Å²) in [5.74, 6) is 0.306. The van der Waals surface area contributed by atoms with Gasteiger partial charge in [0.2, 0.25) is 0 Å². The molecule has 1 atom stereocenters. The normalized spacial score (nSPS) is 23.4. The molecule has 1 heterocycles. The van der Waals surface area contributed by atoms with Crippen LogP contribution in [0.2, 0.25) is 0 Å². The van der Waals surface area contributed by atoms with E-state index >= 15 is 0 Å². The minimum Gasteiger partial charge on any atom is -0.396 e. The van der Waals surface area contributed by atoms with Crippen molar-refractivity contribution in [3.8, 4) is 0 Å². The van der Waals surface area contributed by atoms with Crippen molar-refractivity contribution in [3.05, 3.63) is 12.3 Å². The lowest BCUT2D eigenvalue weighted by Crippen LogP contribution is -2.36. The van der Waals surface area contributed by atoms with Crippen LogP contribution in [0.4, 0.5) is 0 Å². The summed E-state index contributed by atoms with van der Waals surface area (Å²) < 4.78 is 0. The number of unbranched alkanes of at least 4 members (excludes halogenated alkanes) is 2. The zero-order valence-electron chi connectivity index (χ0n) is 10.9. The molecular formula is C14H25NO2. The van der Waals surface area contributed by atoms with E-state index < -0.39 is 0 Å². The van der Waals surface area contributed by atoms with Crippen molar-refractivity contribution >= 4 is 5.78 Å². The molecule has 2 N–H and O–H groups in total. The van der Waals surface area contributed by atoms with Gasteiger partial charge in [-0.2, -0.15) is 0 Å². The number of ketones is 1. The largest absolute Gasteiger partial charge is 0.396 e. The minimum absolute atomic E-state index is 0.110. The number of allylic oxidation sites excluding steroid dienone is 1. The van der Waals surface area contributed by atoms with Crippen LogP contribution in [0.25, 0.3) is 0 Å². The molecule has 0 aromatic rings. The summed E-state index contributed by atoms with van der Waals surface area (Å²) in [4.78, 5) is 12.3. The van der Waals surface area contributed by atoms with Gasteiger partial charge in [-0.05, 0) is 25.5 Å². The van der Waals surface area contributed by atoms with Gasteiger partial charge in [-0.1, -0.05) is 32.3 Å². The molecule has 1 rings (SSSR count). The van der Waals surface area contributed by atoms with E-state index in [1.807, 2.05) is 12.3 Å². The van der Waals surface area contributed by atoms with E-state index in [0.29, 0.717) is 18.6 Å². The molecule has 0 amide bonds. The molecule has 17 heavy (non-hydrogen) atoms. The van der Waals surface area contributed by atoms with Crippen LogP contribution >= 0.6 is 0 Å². The first-order valence-electron chi connectivity index (χ1n) is 6.80. The Morgan fingerprint density at radius 1 is 1.41 bits per heavy atom. The lowest BCUT2D eigenvalue weighted by Gasteiger charge is -2.32. The summed E-state index contributed by atoms with van der Waals surface area (Å²) >= 11 is 0. The molecular weight excluding hydrogens is 214 g/mol. The first kappa shape index (κ1) is 14.2. The van der Waals surface area contributed by atoms with Crippen molar-refractivity contribution < 1.29 is 9.90 Å². The number of carbonyl (C=O) groups is 1. The van der Waals surface area contributed by atoms with Crippen molar-refractivity contribution in [2.24, 2.45) is 5.41 Å². The number of nitrogens with one attached hydrogen (secondary N) is 1. The van der Waals surface area contributed by atoms with Gasteiger partial charge in [0, 0.05) is 19.6 Å². The third-order valence-corrected chi connectivity index (χ3v) is 3.58. The monoisotopic (exact) mass is 239 g/mol. The minimum atomic E-state index is -0.254. The van der Waals surface area contributed by atoms with E-state index in [4.69, 9.17) is 5.11 Å². The Labute approximate surface area is 104 Å². The highest BCUT2D eigenvalue weighted by Crippen LogP contribution is 2.35. The van der Waals surface area contributed by atoms with E-state index in [-0.39, 0.29) is 12.0 Å². The Morgan fingerprint density at radius 3 is 2.82 bits per heavy atom. The second-order valence-corrected chi connectivity index (χ2v) is 4.90. The smallest absolute Gasteiger partial charge is 0.143 e. The van der Waals surface area contributed by atoms with Crippen molar-refractivity contribution in [1.82, 2.24) is 5.32 Å². The summed E-state index contributed by atoms with van der Waals surface area (Å²) in [5, 5.41) is 12.0. The average Bonchev–Trinajstić information content (AvgIpc) is 2.37. The fourth-order valence-corrected chi connectivity index (χ4v) is 2.44. The van der Waals surface area contributed by atoms with Crippen LogP contribution in [0.1, 0.15) is 51.9 Å². The molecule has 0 radical (unpaired) electrons. The van der Waals surface area contributed by atoms with E-state index in [0.717, 1.165) is 25.8 Å². The maximum Gasteiger partial charge on any atom is 0.143 e. The maximum absolute atomic E-state index is 12.3. The Kier molecular flexibility index (Phi) is 6.27. The van der Waals surface area contributed by atoms with E-state index in [9.17, 15) is 4.79 Å². The fourth-order valence-electron chi connectivity index (χ4n) is 2.44. The van der Waals surface area contributed by atoms with Crippen molar-refractivity contribution in [3.63, 3.8) is 0 Å². The predicted octanol–water partition coefficient (Wildman–Crippen LogP) is 2.40. The maximum atomic E-state index is 12.3. The van der Waals surface area contributed by atoms with Gasteiger partial charge in [0.05, 0.1) is 5.41 Å². The highest BCUT2D eigenvalue weighted by Gasteiger charge is 2.35. The Balaban J connectivity index is 2.60. The predicted molar refractivity (Wildman–Crippen MR) is 69.7 cm³/mol. The molecule has 0 spiro atoms. The molecule has 0 bridgehead atoms. The zero-order chi connectivity index (χ0) is 12.6. The first-order valence-corrected chi connectivity index (χ1v) is 6.80. The van der Waals surface area contributed by atoms with Gasteiger partial charge in [-0.3, -0.25) is 4.79 Å². The zero-order valence-corrected chi connectivity index (χ0v) is 10.9. The van der Waals surface area contributed by atoms with Crippen LogP contribution in [0.5, 0.6) is 0 Å². The average molecular weight is 239 g/mol. The van der Waals surface area contributed by atoms with Gasteiger partial charge in [0.15, 0.2) is 0 Å². The summed E-state index contributed by atoms with van der Waals surface area (Å²) in [6, 6.07) is 0. The molecule has 1 aliphatic rings. The molecule has 0 aromatic carbocycles. The summed E-state index contributed by atoms with van der Waals surface area (Å²) in [6.45, 7) is 3.17. The molecule has 3 nitrogen and oxygen atoms in total. The van der Waals surface area contributed by atoms with Gasteiger partial charge in [-0.15, -0.1) is 0 Å². The van der Waals surface area contributed by atoms with Crippen LogP contribution < -0.4 is 5.32 Å². The molecule has 1 aliphatic heterocycles. The number of hydrogen-bond donors (Lipinski definition) is 2. The van der Waals surface area contributed by atoms with E-state index in [2.05, 4.69) is 12.2 Å². The number of Topliss-reactive ketones (excluding diaryl/α,β-unsaturated/α-hetero) is 1. The van der Waals surface area contributed by atoms with Gasteiger partial charge in [0.25, 0.3) is 0 Å². The van der Waals surface area contributed by atoms with E-state index in [1.165, 1.54) is 12.8 Å². The Bertz CT molecular complexity index is 263. The molecule has 98 valence electrons. The molecule has 0 fully saturated rings.